The molecular weight excluding hydrogens is 258 g/mol. The Morgan fingerprint density at radius 2 is 1.95 bits per heavy atom. The molecule has 0 aromatic heterocycles. The van der Waals surface area contributed by atoms with E-state index in [1.165, 1.54) is 64.6 Å². The number of nitrogens with two attached hydrogens (primary N) is 1. The summed E-state index contributed by atoms with van der Waals surface area (Å²) < 4.78 is 0. The molecule has 2 saturated heterocycles. The summed E-state index contributed by atoms with van der Waals surface area (Å²) in [6.45, 7) is 9.64. The van der Waals surface area contributed by atoms with Gasteiger partial charge in [-0.05, 0) is 57.5 Å². The van der Waals surface area contributed by atoms with E-state index in [2.05, 4.69) is 23.6 Å². The average Bonchev–Trinajstić information content (AvgIpc) is 2.53. The smallest absolute Gasteiger partial charge is 0.0224 e. The quantitative estimate of drug-likeness (QED) is 0.868. The van der Waals surface area contributed by atoms with Gasteiger partial charge in [0.2, 0.25) is 0 Å². The van der Waals surface area contributed by atoms with Crippen LogP contribution in [-0.2, 0) is 0 Å². The zero-order valence-corrected chi connectivity index (χ0v) is 14.1. The van der Waals surface area contributed by atoms with Crippen molar-refractivity contribution in [2.45, 2.75) is 76.9 Å². The molecule has 0 aromatic carbocycles. The van der Waals surface area contributed by atoms with Crippen LogP contribution in [0.15, 0.2) is 0 Å². The number of rotatable bonds is 3. The molecule has 3 fully saturated rings. The lowest BCUT2D eigenvalue weighted by Gasteiger charge is -2.53. The average molecular weight is 293 g/mol. The Morgan fingerprint density at radius 3 is 2.71 bits per heavy atom. The van der Waals surface area contributed by atoms with Crippen LogP contribution < -0.4 is 5.73 Å². The van der Waals surface area contributed by atoms with Gasteiger partial charge >= 0.3 is 0 Å². The van der Waals surface area contributed by atoms with Crippen LogP contribution in [0.1, 0.15) is 58.8 Å². The first-order chi connectivity index (χ1) is 10.2. The predicted octanol–water partition coefficient (Wildman–Crippen LogP) is 2.70. The Kier molecular flexibility index (Phi) is 5.23. The van der Waals surface area contributed by atoms with Crippen molar-refractivity contribution in [3.8, 4) is 0 Å². The van der Waals surface area contributed by atoms with Crippen molar-refractivity contribution in [1.29, 1.82) is 0 Å². The van der Waals surface area contributed by atoms with Crippen LogP contribution in [0.3, 0.4) is 0 Å². The number of piperazine rings is 1. The molecule has 3 aliphatic rings. The molecule has 0 bridgehead atoms. The second-order valence-electron chi connectivity index (χ2n) is 7.84. The second-order valence-corrected chi connectivity index (χ2v) is 7.84. The summed E-state index contributed by atoms with van der Waals surface area (Å²) in [5, 5.41) is 0. The summed E-state index contributed by atoms with van der Waals surface area (Å²) in [6, 6.07) is 2.30. The summed E-state index contributed by atoms with van der Waals surface area (Å²) >= 11 is 0. The van der Waals surface area contributed by atoms with Crippen LogP contribution in [-0.4, -0.2) is 54.1 Å². The molecule has 1 aliphatic carbocycles. The van der Waals surface area contributed by atoms with Crippen LogP contribution in [0.25, 0.3) is 0 Å². The van der Waals surface area contributed by atoms with Gasteiger partial charge in [0.15, 0.2) is 0 Å². The molecule has 0 amide bonds. The molecule has 0 spiro atoms. The number of piperidine rings is 1. The van der Waals surface area contributed by atoms with Crippen molar-refractivity contribution in [2.24, 2.45) is 17.6 Å². The minimum atomic E-state index is 0.717. The van der Waals surface area contributed by atoms with E-state index < -0.39 is 0 Å². The van der Waals surface area contributed by atoms with E-state index in [0.29, 0.717) is 6.04 Å². The normalized spacial score (nSPS) is 42.7. The SMILES string of the molecule is CCC1CCC(CN)C(N2CC3CCCCN3CC2C)C1. The summed E-state index contributed by atoms with van der Waals surface area (Å²) in [5.41, 5.74) is 6.13. The summed E-state index contributed by atoms with van der Waals surface area (Å²) in [4.78, 5) is 5.63. The molecule has 2 aliphatic heterocycles. The van der Waals surface area contributed by atoms with Crippen LogP contribution in [0.5, 0.6) is 0 Å². The van der Waals surface area contributed by atoms with Crippen molar-refractivity contribution in [3.05, 3.63) is 0 Å². The Hall–Kier alpha value is -0.120. The molecule has 2 N–H and O–H groups in total. The number of fused-ring (bicyclic) bond motifs is 1. The maximum absolute atomic E-state index is 6.13. The molecule has 0 aromatic rings. The Morgan fingerprint density at radius 1 is 1.10 bits per heavy atom. The molecule has 1 saturated carbocycles. The first-order valence-electron chi connectivity index (χ1n) is 9.42. The summed E-state index contributed by atoms with van der Waals surface area (Å²) in [6.07, 6.45) is 9.79. The first kappa shape index (κ1) is 15.8. The molecule has 0 radical (unpaired) electrons. The van der Waals surface area contributed by atoms with E-state index in [4.69, 9.17) is 5.73 Å². The summed E-state index contributed by atoms with van der Waals surface area (Å²) in [5.74, 6) is 1.68. The van der Waals surface area contributed by atoms with Crippen LogP contribution in [0, 0.1) is 11.8 Å². The molecular formula is C18H35N3. The van der Waals surface area contributed by atoms with E-state index in [1.54, 1.807) is 0 Å². The highest BCUT2D eigenvalue weighted by atomic mass is 15.3. The fourth-order valence-electron chi connectivity index (χ4n) is 5.18. The highest BCUT2D eigenvalue weighted by Gasteiger charge is 2.40. The minimum Gasteiger partial charge on any atom is -0.330 e. The zero-order chi connectivity index (χ0) is 14.8. The Labute approximate surface area is 131 Å². The van der Waals surface area contributed by atoms with Gasteiger partial charge < -0.3 is 5.73 Å². The lowest BCUT2D eigenvalue weighted by molar-refractivity contribution is -0.0372. The van der Waals surface area contributed by atoms with Gasteiger partial charge in [-0.2, -0.15) is 0 Å². The maximum atomic E-state index is 6.13. The highest BCUT2D eigenvalue weighted by Crippen LogP contribution is 2.36. The molecule has 3 heteroatoms. The van der Waals surface area contributed by atoms with Crippen molar-refractivity contribution in [3.63, 3.8) is 0 Å². The molecule has 5 atom stereocenters. The molecule has 3 nitrogen and oxygen atoms in total. The molecule has 122 valence electrons. The van der Waals surface area contributed by atoms with Crippen molar-refractivity contribution < 1.29 is 0 Å². The molecule has 5 unspecified atom stereocenters. The van der Waals surface area contributed by atoms with E-state index >= 15 is 0 Å². The van der Waals surface area contributed by atoms with E-state index in [0.717, 1.165) is 30.5 Å². The number of hydrogen-bond donors (Lipinski definition) is 1. The van der Waals surface area contributed by atoms with Gasteiger partial charge in [0, 0.05) is 31.2 Å². The van der Waals surface area contributed by atoms with Crippen molar-refractivity contribution >= 4 is 0 Å². The van der Waals surface area contributed by atoms with Gasteiger partial charge in [0.1, 0.15) is 0 Å². The zero-order valence-electron chi connectivity index (χ0n) is 14.1. The van der Waals surface area contributed by atoms with Crippen molar-refractivity contribution in [1.82, 2.24) is 9.80 Å². The monoisotopic (exact) mass is 293 g/mol. The lowest BCUT2D eigenvalue weighted by atomic mass is 9.75. The molecule has 3 rings (SSSR count). The second kappa shape index (κ2) is 6.97. The third-order valence-corrected chi connectivity index (χ3v) is 6.61. The van der Waals surface area contributed by atoms with Crippen molar-refractivity contribution in [2.75, 3.05) is 26.2 Å². The fraction of sp³-hybridized carbons (Fsp3) is 1.00. The van der Waals surface area contributed by atoms with Gasteiger partial charge in [-0.1, -0.05) is 26.2 Å². The van der Waals surface area contributed by atoms with Crippen LogP contribution in [0.2, 0.25) is 0 Å². The van der Waals surface area contributed by atoms with Crippen LogP contribution >= 0.6 is 0 Å². The van der Waals surface area contributed by atoms with Gasteiger partial charge in [-0.3, -0.25) is 9.80 Å². The van der Waals surface area contributed by atoms with Gasteiger partial charge in [0.25, 0.3) is 0 Å². The van der Waals surface area contributed by atoms with E-state index in [9.17, 15) is 0 Å². The third kappa shape index (κ3) is 3.30. The number of hydrogen-bond acceptors (Lipinski definition) is 3. The first-order valence-corrected chi connectivity index (χ1v) is 9.42. The minimum absolute atomic E-state index is 0.717. The van der Waals surface area contributed by atoms with Gasteiger partial charge in [-0.15, -0.1) is 0 Å². The van der Waals surface area contributed by atoms with E-state index in [-0.39, 0.29) is 0 Å². The largest absolute Gasteiger partial charge is 0.330 e. The standard InChI is InChI=1S/C18H35N3/c1-3-15-7-8-16(11-19)18(10-15)21-13-17-6-4-5-9-20(17)12-14(21)2/h14-18H,3-13,19H2,1-2H3. The topological polar surface area (TPSA) is 32.5 Å². The summed E-state index contributed by atoms with van der Waals surface area (Å²) in [7, 11) is 0. The van der Waals surface area contributed by atoms with Gasteiger partial charge in [0.05, 0.1) is 0 Å². The Balaban J connectivity index is 1.70. The molecule has 21 heavy (non-hydrogen) atoms. The Bertz CT molecular complexity index is 332. The fourth-order valence-corrected chi connectivity index (χ4v) is 5.18. The van der Waals surface area contributed by atoms with Gasteiger partial charge in [-0.25, -0.2) is 0 Å². The van der Waals surface area contributed by atoms with E-state index in [1.807, 2.05) is 0 Å². The predicted molar refractivity (Wildman–Crippen MR) is 89.3 cm³/mol. The van der Waals surface area contributed by atoms with Crippen LogP contribution in [0.4, 0.5) is 0 Å². The third-order valence-electron chi connectivity index (χ3n) is 6.61. The number of nitrogens with zero attached hydrogens (tertiary/aromatic N) is 2. The highest BCUT2D eigenvalue weighted by molar-refractivity contribution is 4.96. The maximum Gasteiger partial charge on any atom is 0.0224 e. The lowest BCUT2D eigenvalue weighted by Crippen LogP contribution is -2.63. The molecule has 2 heterocycles.